The van der Waals surface area contributed by atoms with Crippen molar-refractivity contribution in [3.8, 4) is 0 Å². The summed E-state index contributed by atoms with van der Waals surface area (Å²) >= 11 is 0. The van der Waals surface area contributed by atoms with Crippen LogP contribution in [0, 0.1) is 0 Å². The molecule has 2 aromatic rings. The Morgan fingerprint density at radius 2 is 1.34 bits per heavy atom. The number of rotatable bonds is 6. The minimum Gasteiger partial charge on any atom is -0.478 e. The van der Waals surface area contributed by atoms with Gasteiger partial charge in [0.15, 0.2) is 0 Å². The number of aryl methyl sites for hydroxylation is 2. The molecule has 0 saturated heterocycles. The van der Waals surface area contributed by atoms with Gasteiger partial charge in [-0.3, -0.25) is 0 Å². The molecule has 0 spiro atoms. The summed E-state index contributed by atoms with van der Waals surface area (Å²) in [6.07, 6.45) is 4.56. The second kappa shape index (κ2) is 11.0. The zero-order valence-electron chi connectivity index (χ0n) is 16.9. The van der Waals surface area contributed by atoms with Crippen molar-refractivity contribution in [3.63, 3.8) is 0 Å². The topological polar surface area (TPSA) is 81.1 Å². The Bertz CT molecular complexity index is 798. The highest BCUT2D eigenvalue weighted by molar-refractivity contribution is 5.89. The van der Waals surface area contributed by atoms with Gasteiger partial charge in [-0.1, -0.05) is 36.4 Å². The van der Waals surface area contributed by atoms with E-state index in [0.29, 0.717) is 12.2 Å². The zero-order chi connectivity index (χ0) is 21.2. The van der Waals surface area contributed by atoms with Crippen molar-refractivity contribution in [1.82, 2.24) is 4.90 Å². The van der Waals surface area contributed by atoms with Crippen LogP contribution in [0.15, 0.2) is 60.7 Å². The monoisotopic (exact) mass is 396 g/mol. The van der Waals surface area contributed by atoms with E-state index in [4.69, 9.17) is 10.2 Å². The maximum Gasteiger partial charge on any atom is 0.328 e. The Hall–Kier alpha value is -3.12. The van der Waals surface area contributed by atoms with Gasteiger partial charge in [0.05, 0.1) is 0 Å². The summed E-state index contributed by atoms with van der Waals surface area (Å²) in [5.41, 5.74) is 5.72. The highest BCUT2D eigenvalue weighted by Gasteiger charge is 2.19. The lowest BCUT2D eigenvalue weighted by atomic mass is 10.0. The van der Waals surface area contributed by atoms with Crippen molar-refractivity contribution >= 4 is 23.3 Å². The van der Waals surface area contributed by atoms with E-state index in [0.717, 1.165) is 25.9 Å². The summed E-state index contributed by atoms with van der Waals surface area (Å²) in [5, 5.41) is 15.6. The molecule has 1 aliphatic rings. The number of hydrogen-bond donors (Lipinski definition) is 2. The first-order valence-corrected chi connectivity index (χ1v) is 9.60. The molecule has 0 saturated carbocycles. The Labute approximate surface area is 171 Å². The Kier molecular flexibility index (Phi) is 8.43. The third-order valence-corrected chi connectivity index (χ3v) is 4.58. The van der Waals surface area contributed by atoms with E-state index in [2.05, 4.69) is 72.4 Å². The molecular formula is C23H28N2O4. The summed E-state index contributed by atoms with van der Waals surface area (Å²) in [5.74, 6) is -2.51. The number of carbonyl (C=O) groups is 2. The van der Waals surface area contributed by atoms with Gasteiger partial charge in [-0.05, 0) is 63.2 Å². The van der Waals surface area contributed by atoms with Gasteiger partial charge in [-0.2, -0.15) is 0 Å². The van der Waals surface area contributed by atoms with Crippen molar-refractivity contribution in [3.05, 3.63) is 71.8 Å². The molecule has 6 heteroatoms. The average Bonchev–Trinajstić information content (AvgIpc) is 2.84. The predicted octanol–water partition coefficient (Wildman–Crippen LogP) is 3.59. The number of hydrogen-bond acceptors (Lipinski definition) is 4. The van der Waals surface area contributed by atoms with E-state index in [-0.39, 0.29) is 0 Å². The standard InChI is InChI=1S/C19H24N2.C4H4O4/c1-20(2)14-7-15-21-18-10-5-3-8-16(18)12-13-17-9-4-6-11-19(17)21;5-3(6)1-2-4(7)8/h3-6,8-11H,7,12-15H2,1-2H3;1-2H,(H,5,6)(H,7,8). The van der Waals surface area contributed by atoms with Crippen molar-refractivity contribution in [2.45, 2.75) is 19.3 Å². The number of fused-ring (bicyclic) bond motifs is 2. The summed E-state index contributed by atoms with van der Waals surface area (Å²) in [4.78, 5) is 23.9. The van der Waals surface area contributed by atoms with Gasteiger partial charge in [0.25, 0.3) is 0 Å². The highest BCUT2D eigenvalue weighted by atomic mass is 16.4. The van der Waals surface area contributed by atoms with Gasteiger partial charge in [-0.15, -0.1) is 0 Å². The minimum absolute atomic E-state index is 0.558. The van der Waals surface area contributed by atoms with E-state index < -0.39 is 11.9 Å². The fraction of sp³-hybridized carbons (Fsp3) is 0.304. The van der Waals surface area contributed by atoms with Crippen LogP contribution in [0.2, 0.25) is 0 Å². The first-order valence-electron chi connectivity index (χ1n) is 9.60. The molecule has 0 radical (unpaired) electrons. The lowest BCUT2D eigenvalue weighted by molar-refractivity contribution is -0.134. The molecule has 2 N–H and O–H groups in total. The largest absolute Gasteiger partial charge is 0.478 e. The number of nitrogens with zero attached hydrogens (tertiary/aromatic N) is 2. The molecule has 3 rings (SSSR count). The van der Waals surface area contributed by atoms with Gasteiger partial charge in [0, 0.05) is 30.1 Å². The third kappa shape index (κ3) is 7.08. The maximum atomic E-state index is 9.55. The van der Waals surface area contributed by atoms with Gasteiger partial charge in [0.2, 0.25) is 0 Å². The number of para-hydroxylation sites is 2. The lowest BCUT2D eigenvalue weighted by Crippen LogP contribution is -2.23. The first kappa shape index (κ1) is 22.2. The van der Waals surface area contributed by atoms with Gasteiger partial charge in [-0.25, -0.2) is 9.59 Å². The molecule has 2 aromatic carbocycles. The second-order valence-electron chi connectivity index (χ2n) is 7.08. The fourth-order valence-corrected chi connectivity index (χ4v) is 3.30. The maximum absolute atomic E-state index is 9.55. The van der Waals surface area contributed by atoms with Crippen LogP contribution in [-0.2, 0) is 22.4 Å². The normalized spacial score (nSPS) is 12.6. The number of benzene rings is 2. The molecule has 0 fully saturated rings. The minimum atomic E-state index is -1.26. The summed E-state index contributed by atoms with van der Waals surface area (Å²) in [7, 11) is 4.29. The van der Waals surface area contributed by atoms with E-state index in [1.54, 1.807) is 0 Å². The molecule has 0 amide bonds. The van der Waals surface area contributed by atoms with Crippen LogP contribution in [0.1, 0.15) is 17.5 Å². The van der Waals surface area contributed by atoms with Crippen LogP contribution < -0.4 is 4.90 Å². The average molecular weight is 396 g/mol. The lowest BCUT2D eigenvalue weighted by Gasteiger charge is -2.27. The van der Waals surface area contributed by atoms with Gasteiger partial charge < -0.3 is 20.0 Å². The van der Waals surface area contributed by atoms with Gasteiger partial charge >= 0.3 is 11.9 Å². The zero-order valence-corrected chi connectivity index (χ0v) is 16.9. The molecule has 6 nitrogen and oxygen atoms in total. The molecule has 0 unspecified atom stereocenters. The van der Waals surface area contributed by atoms with E-state index in [1.807, 2.05) is 0 Å². The second-order valence-corrected chi connectivity index (χ2v) is 7.08. The molecular weight excluding hydrogens is 368 g/mol. The molecule has 0 aliphatic carbocycles. The van der Waals surface area contributed by atoms with Crippen LogP contribution in [0.25, 0.3) is 0 Å². The molecule has 0 aromatic heterocycles. The van der Waals surface area contributed by atoms with E-state index >= 15 is 0 Å². The van der Waals surface area contributed by atoms with Crippen molar-refractivity contribution in [2.75, 3.05) is 32.1 Å². The predicted molar refractivity (Wildman–Crippen MR) is 115 cm³/mol. The van der Waals surface area contributed by atoms with Crippen LogP contribution >= 0.6 is 0 Å². The van der Waals surface area contributed by atoms with E-state index in [9.17, 15) is 9.59 Å². The number of anilines is 2. The third-order valence-electron chi connectivity index (χ3n) is 4.58. The summed E-state index contributed by atoms with van der Waals surface area (Å²) < 4.78 is 0. The molecule has 1 heterocycles. The SMILES string of the molecule is CN(C)CCCN1c2ccccc2CCc2ccccc21.O=C(O)C=CC(=O)O. The molecule has 154 valence electrons. The molecule has 0 bridgehead atoms. The number of carboxylic acid groups (broad SMARTS) is 2. The van der Waals surface area contributed by atoms with Gasteiger partial charge in [0.1, 0.15) is 0 Å². The Morgan fingerprint density at radius 3 is 1.76 bits per heavy atom. The van der Waals surface area contributed by atoms with E-state index in [1.165, 1.54) is 28.9 Å². The highest BCUT2D eigenvalue weighted by Crippen LogP contribution is 2.35. The smallest absolute Gasteiger partial charge is 0.328 e. The fourth-order valence-electron chi connectivity index (χ4n) is 3.30. The quantitative estimate of drug-likeness (QED) is 0.727. The number of carboxylic acids is 2. The number of aliphatic carboxylic acids is 2. The first-order chi connectivity index (χ1) is 13.9. The Balaban J connectivity index is 0.000000321. The summed E-state index contributed by atoms with van der Waals surface area (Å²) in [6.45, 7) is 2.20. The van der Waals surface area contributed by atoms with Crippen LogP contribution in [0.3, 0.4) is 0 Å². The summed E-state index contributed by atoms with van der Waals surface area (Å²) in [6, 6.07) is 17.7. The molecule has 29 heavy (non-hydrogen) atoms. The van der Waals surface area contributed by atoms with Crippen molar-refractivity contribution in [1.29, 1.82) is 0 Å². The van der Waals surface area contributed by atoms with Crippen LogP contribution in [-0.4, -0.2) is 54.2 Å². The van der Waals surface area contributed by atoms with Crippen molar-refractivity contribution in [2.24, 2.45) is 0 Å². The Morgan fingerprint density at radius 1 is 0.897 bits per heavy atom. The van der Waals surface area contributed by atoms with Crippen LogP contribution in [0.4, 0.5) is 11.4 Å². The van der Waals surface area contributed by atoms with Crippen molar-refractivity contribution < 1.29 is 19.8 Å². The molecule has 0 atom stereocenters. The molecule has 1 aliphatic heterocycles. The van der Waals surface area contributed by atoms with Crippen LogP contribution in [0.5, 0.6) is 0 Å².